The molecule has 0 spiro atoms. The summed E-state index contributed by atoms with van der Waals surface area (Å²) in [5.41, 5.74) is 1.80. The summed E-state index contributed by atoms with van der Waals surface area (Å²) < 4.78 is 0. The van der Waals surface area contributed by atoms with Gasteiger partial charge < -0.3 is 15.1 Å². The normalized spacial score (nSPS) is 23.5. The fourth-order valence-electron chi connectivity index (χ4n) is 4.02. The number of carbonyl (C=O) groups is 1. The number of amides is 2. The number of likely N-dealkylation sites (tertiary alicyclic amines) is 1. The van der Waals surface area contributed by atoms with Crippen LogP contribution in [0, 0.1) is 0 Å². The van der Waals surface area contributed by atoms with Crippen molar-refractivity contribution in [1.82, 2.24) is 15.1 Å². The smallest absolute Gasteiger partial charge is 0.318 e. The highest BCUT2D eigenvalue weighted by molar-refractivity contribution is 5.80. The maximum absolute atomic E-state index is 12.8. The van der Waals surface area contributed by atoms with E-state index in [1.165, 1.54) is 0 Å². The Bertz CT molecular complexity index is 677. The summed E-state index contributed by atoms with van der Waals surface area (Å²) in [4.78, 5) is 17.2. The summed E-state index contributed by atoms with van der Waals surface area (Å²) >= 11 is 0. The highest BCUT2D eigenvalue weighted by Crippen LogP contribution is 2.36. The zero-order valence-corrected chi connectivity index (χ0v) is 14.0. The summed E-state index contributed by atoms with van der Waals surface area (Å²) in [6, 6.07) is 21.0. The predicted octanol–water partition coefficient (Wildman–Crippen LogP) is 2.66. The van der Waals surface area contributed by atoms with Gasteiger partial charge in [0.2, 0.25) is 0 Å². The lowest BCUT2D eigenvalue weighted by Gasteiger charge is -2.31. The van der Waals surface area contributed by atoms with E-state index in [0.29, 0.717) is 12.6 Å². The van der Waals surface area contributed by atoms with Gasteiger partial charge in [-0.1, -0.05) is 60.7 Å². The minimum atomic E-state index is -0.471. The average Bonchev–Trinajstić information content (AvgIpc) is 3.20. The van der Waals surface area contributed by atoms with Gasteiger partial charge >= 0.3 is 6.03 Å². The first-order chi connectivity index (χ1) is 11.7. The quantitative estimate of drug-likeness (QED) is 0.943. The fraction of sp³-hybridized carbons (Fsp3) is 0.350. The largest absolute Gasteiger partial charge is 0.323 e. The second-order valence-corrected chi connectivity index (χ2v) is 6.90. The zero-order chi connectivity index (χ0) is 16.6. The first-order valence-corrected chi connectivity index (χ1v) is 8.57. The van der Waals surface area contributed by atoms with Gasteiger partial charge in [-0.2, -0.15) is 0 Å². The Labute approximate surface area is 143 Å². The van der Waals surface area contributed by atoms with E-state index >= 15 is 0 Å². The fourth-order valence-corrected chi connectivity index (χ4v) is 4.02. The van der Waals surface area contributed by atoms with Crippen LogP contribution in [-0.4, -0.2) is 48.6 Å². The lowest BCUT2D eigenvalue weighted by molar-refractivity contribution is 0.197. The third-order valence-electron chi connectivity index (χ3n) is 5.33. The molecule has 0 unspecified atom stereocenters. The van der Waals surface area contributed by atoms with E-state index in [1.54, 1.807) is 0 Å². The molecular weight excluding hydrogens is 298 g/mol. The third kappa shape index (κ3) is 2.47. The average molecular weight is 321 g/mol. The van der Waals surface area contributed by atoms with Crippen molar-refractivity contribution in [2.75, 3.05) is 26.7 Å². The van der Waals surface area contributed by atoms with Gasteiger partial charge in [0, 0.05) is 12.6 Å². The summed E-state index contributed by atoms with van der Waals surface area (Å²) in [7, 11) is 2.12. The van der Waals surface area contributed by atoms with Crippen molar-refractivity contribution in [1.29, 1.82) is 0 Å². The number of nitrogens with one attached hydrogen (secondary N) is 1. The van der Waals surface area contributed by atoms with Gasteiger partial charge in [-0.05, 0) is 31.1 Å². The maximum Gasteiger partial charge on any atom is 0.318 e. The number of urea groups is 1. The van der Waals surface area contributed by atoms with Crippen molar-refractivity contribution in [2.24, 2.45) is 0 Å². The molecule has 2 aliphatic heterocycles. The second-order valence-electron chi connectivity index (χ2n) is 6.90. The zero-order valence-electron chi connectivity index (χ0n) is 14.0. The predicted molar refractivity (Wildman–Crippen MR) is 94.8 cm³/mol. The molecule has 2 fully saturated rings. The molecule has 4 rings (SSSR count). The van der Waals surface area contributed by atoms with Crippen LogP contribution in [0.25, 0.3) is 0 Å². The number of likely N-dealkylation sites (N-methyl/N-ethyl adjacent to an activating group) is 1. The molecule has 0 radical (unpaired) electrons. The molecule has 2 saturated heterocycles. The van der Waals surface area contributed by atoms with Crippen molar-refractivity contribution in [2.45, 2.75) is 18.0 Å². The number of benzene rings is 2. The van der Waals surface area contributed by atoms with Crippen molar-refractivity contribution in [3.05, 3.63) is 71.8 Å². The van der Waals surface area contributed by atoms with Crippen molar-refractivity contribution in [3.8, 4) is 0 Å². The number of rotatable bonds is 3. The van der Waals surface area contributed by atoms with Crippen LogP contribution in [0.2, 0.25) is 0 Å². The van der Waals surface area contributed by atoms with Crippen LogP contribution in [0.3, 0.4) is 0 Å². The molecular formula is C20H23N3O. The van der Waals surface area contributed by atoms with Gasteiger partial charge in [0.15, 0.2) is 0 Å². The summed E-state index contributed by atoms with van der Waals surface area (Å²) in [5, 5.41) is 3.31. The Hall–Kier alpha value is -2.33. The van der Waals surface area contributed by atoms with E-state index in [4.69, 9.17) is 0 Å². The Morgan fingerprint density at radius 2 is 1.58 bits per heavy atom. The first-order valence-electron chi connectivity index (χ1n) is 8.57. The Kier molecular flexibility index (Phi) is 3.77. The number of nitrogens with zero attached hydrogens (tertiary/aromatic N) is 2. The minimum Gasteiger partial charge on any atom is -0.323 e. The van der Waals surface area contributed by atoms with Crippen LogP contribution in [0.15, 0.2) is 60.7 Å². The second kappa shape index (κ2) is 5.95. The highest BCUT2D eigenvalue weighted by atomic mass is 16.2. The molecule has 1 atom stereocenters. The minimum absolute atomic E-state index is 0.0445. The van der Waals surface area contributed by atoms with Crippen LogP contribution in [0.5, 0.6) is 0 Å². The van der Waals surface area contributed by atoms with Crippen molar-refractivity contribution in [3.63, 3.8) is 0 Å². The molecule has 4 nitrogen and oxygen atoms in total. The number of carbonyl (C=O) groups excluding carboxylic acids is 1. The molecule has 2 aromatic rings. The Morgan fingerprint density at radius 3 is 2.08 bits per heavy atom. The van der Waals surface area contributed by atoms with Gasteiger partial charge in [-0.15, -0.1) is 0 Å². The molecule has 0 aromatic heterocycles. The molecule has 124 valence electrons. The number of hydrogen-bond donors (Lipinski definition) is 1. The van der Waals surface area contributed by atoms with Crippen molar-refractivity contribution < 1.29 is 4.79 Å². The molecule has 0 bridgehead atoms. The topological polar surface area (TPSA) is 35.6 Å². The standard InChI is InChI=1S/C20H23N3O/c1-22-13-12-18(14-22)23-15-20(21-19(23)24,16-8-4-2-5-9-16)17-10-6-3-7-11-17/h2-11,18H,12-15H2,1H3,(H,21,24)/t18-/m1/s1. The van der Waals surface area contributed by atoms with Gasteiger partial charge in [0.25, 0.3) is 0 Å². The first kappa shape index (κ1) is 15.2. The van der Waals surface area contributed by atoms with Crippen molar-refractivity contribution >= 4 is 6.03 Å². The van der Waals surface area contributed by atoms with Crippen LogP contribution in [-0.2, 0) is 5.54 Å². The van der Waals surface area contributed by atoms with Gasteiger partial charge in [0.05, 0.1) is 6.54 Å². The van der Waals surface area contributed by atoms with Gasteiger partial charge in [0.1, 0.15) is 5.54 Å². The Balaban J connectivity index is 1.74. The van der Waals surface area contributed by atoms with E-state index in [9.17, 15) is 4.79 Å². The SMILES string of the molecule is CN1CC[C@@H](N2CC(c3ccccc3)(c3ccccc3)NC2=O)C1. The molecule has 2 aromatic carbocycles. The van der Waals surface area contributed by atoms with Gasteiger partial charge in [-0.25, -0.2) is 4.79 Å². The third-order valence-corrected chi connectivity index (χ3v) is 5.33. The highest BCUT2D eigenvalue weighted by Gasteiger charge is 2.47. The van der Waals surface area contributed by atoms with E-state index in [2.05, 4.69) is 41.5 Å². The molecule has 4 heteroatoms. The van der Waals surface area contributed by atoms with Crippen LogP contribution < -0.4 is 5.32 Å². The maximum atomic E-state index is 12.8. The molecule has 2 heterocycles. The molecule has 2 aliphatic rings. The van der Waals surface area contributed by atoms with E-state index in [1.807, 2.05) is 41.3 Å². The summed E-state index contributed by atoms with van der Waals surface area (Å²) in [6.45, 7) is 2.68. The molecule has 0 aliphatic carbocycles. The monoisotopic (exact) mass is 321 g/mol. The van der Waals surface area contributed by atoms with E-state index < -0.39 is 5.54 Å². The summed E-state index contributed by atoms with van der Waals surface area (Å²) in [6.07, 6.45) is 1.05. The molecule has 2 amide bonds. The van der Waals surface area contributed by atoms with Crippen LogP contribution in [0.1, 0.15) is 17.5 Å². The lowest BCUT2D eigenvalue weighted by Crippen LogP contribution is -2.41. The lowest BCUT2D eigenvalue weighted by atomic mass is 9.83. The van der Waals surface area contributed by atoms with E-state index in [0.717, 1.165) is 30.6 Å². The molecule has 1 N–H and O–H groups in total. The van der Waals surface area contributed by atoms with Crippen LogP contribution >= 0.6 is 0 Å². The Morgan fingerprint density at radius 1 is 1.00 bits per heavy atom. The van der Waals surface area contributed by atoms with E-state index in [-0.39, 0.29) is 6.03 Å². The summed E-state index contributed by atoms with van der Waals surface area (Å²) in [5.74, 6) is 0. The molecule has 0 saturated carbocycles. The van der Waals surface area contributed by atoms with Crippen LogP contribution in [0.4, 0.5) is 4.79 Å². The van der Waals surface area contributed by atoms with Gasteiger partial charge in [-0.3, -0.25) is 0 Å². The number of hydrogen-bond acceptors (Lipinski definition) is 2. The molecule has 24 heavy (non-hydrogen) atoms.